The van der Waals surface area contributed by atoms with E-state index in [0.717, 1.165) is 5.69 Å². The second-order valence-corrected chi connectivity index (χ2v) is 10.6. The fourth-order valence-electron chi connectivity index (χ4n) is 6.73. The number of alkyl halides is 1. The van der Waals surface area contributed by atoms with Gasteiger partial charge < -0.3 is 29.7 Å². The zero-order chi connectivity index (χ0) is 24.0. The summed E-state index contributed by atoms with van der Waals surface area (Å²) in [6.45, 7) is 4.66. The lowest BCUT2D eigenvalue weighted by molar-refractivity contribution is -0.263. The van der Waals surface area contributed by atoms with Gasteiger partial charge in [0.15, 0.2) is 6.30 Å². The molecule has 0 aromatic heterocycles. The Morgan fingerprint density at radius 1 is 1.24 bits per heavy atom. The van der Waals surface area contributed by atoms with Gasteiger partial charge in [0.2, 0.25) is 0 Å². The van der Waals surface area contributed by atoms with Crippen molar-refractivity contribution in [2.24, 2.45) is 11.8 Å². The summed E-state index contributed by atoms with van der Waals surface area (Å²) in [4.78, 5) is 27.8. The molecule has 5 unspecified atom stereocenters. The molecule has 5 atom stereocenters. The van der Waals surface area contributed by atoms with E-state index < -0.39 is 36.0 Å². The number of piperidine rings is 3. The Kier molecular flexibility index (Phi) is 6.08. The highest BCUT2D eigenvalue weighted by atomic mass is 19.1. The lowest BCUT2D eigenvalue weighted by atomic mass is 9.63. The van der Waals surface area contributed by atoms with Crippen molar-refractivity contribution in [3.05, 3.63) is 30.3 Å². The van der Waals surface area contributed by atoms with Crippen LogP contribution in [0.3, 0.4) is 0 Å². The first-order valence-corrected chi connectivity index (χ1v) is 12.4. The SMILES string of the molecule is CC(C)COC(=O)NC1CCN(c2ccccc2)C(F)C1C12CC3CC(CC(C1)N3C(=O)O)O2. The number of carbonyl (C=O) groups excluding carboxylic acids is 1. The minimum absolute atomic E-state index is 0.0825. The summed E-state index contributed by atoms with van der Waals surface area (Å²) >= 11 is 0. The van der Waals surface area contributed by atoms with Crippen molar-refractivity contribution in [2.45, 2.75) is 82.1 Å². The zero-order valence-corrected chi connectivity index (χ0v) is 19.7. The topological polar surface area (TPSA) is 91.3 Å². The molecule has 0 spiro atoms. The van der Waals surface area contributed by atoms with Gasteiger partial charge >= 0.3 is 12.2 Å². The Hall–Kier alpha value is -2.55. The molecule has 4 bridgehead atoms. The second-order valence-electron chi connectivity index (χ2n) is 10.6. The summed E-state index contributed by atoms with van der Waals surface area (Å²) in [6, 6.07) is 8.61. The molecule has 8 nitrogen and oxygen atoms in total. The quantitative estimate of drug-likeness (QED) is 0.626. The molecule has 2 N–H and O–H groups in total. The van der Waals surface area contributed by atoms with Gasteiger partial charge in [-0.3, -0.25) is 0 Å². The van der Waals surface area contributed by atoms with E-state index in [-0.39, 0.29) is 24.1 Å². The zero-order valence-electron chi connectivity index (χ0n) is 19.7. The maximum atomic E-state index is 16.5. The second kappa shape index (κ2) is 8.91. The van der Waals surface area contributed by atoms with E-state index in [0.29, 0.717) is 45.3 Å². The number of nitrogens with one attached hydrogen (secondary N) is 1. The van der Waals surface area contributed by atoms with Crippen molar-refractivity contribution in [3.8, 4) is 0 Å². The van der Waals surface area contributed by atoms with Crippen LogP contribution in [0.2, 0.25) is 0 Å². The summed E-state index contributed by atoms with van der Waals surface area (Å²) in [7, 11) is 0. The van der Waals surface area contributed by atoms with E-state index in [2.05, 4.69) is 5.32 Å². The van der Waals surface area contributed by atoms with E-state index >= 15 is 4.39 Å². The van der Waals surface area contributed by atoms with E-state index in [1.54, 1.807) is 9.80 Å². The maximum Gasteiger partial charge on any atom is 0.407 e. The Bertz CT molecular complexity index is 899. The molecule has 34 heavy (non-hydrogen) atoms. The molecular weight excluding hydrogens is 441 g/mol. The largest absolute Gasteiger partial charge is 0.465 e. The number of carbonyl (C=O) groups is 2. The fourth-order valence-corrected chi connectivity index (χ4v) is 6.73. The molecule has 6 rings (SSSR count). The average Bonchev–Trinajstić information content (AvgIpc) is 2.77. The predicted molar refractivity (Wildman–Crippen MR) is 123 cm³/mol. The Labute approximate surface area is 199 Å². The van der Waals surface area contributed by atoms with Gasteiger partial charge in [-0.15, -0.1) is 0 Å². The van der Waals surface area contributed by atoms with Crippen molar-refractivity contribution in [1.29, 1.82) is 0 Å². The number of para-hydroxylation sites is 1. The Morgan fingerprint density at radius 2 is 1.91 bits per heavy atom. The average molecular weight is 476 g/mol. The van der Waals surface area contributed by atoms with Crippen LogP contribution in [-0.4, -0.2) is 71.5 Å². The Balaban J connectivity index is 1.45. The molecule has 5 fully saturated rings. The molecule has 0 radical (unpaired) electrons. The van der Waals surface area contributed by atoms with E-state index in [1.807, 2.05) is 44.2 Å². The smallest absolute Gasteiger partial charge is 0.407 e. The van der Waals surface area contributed by atoms with Crippen LogP contribution in [0.4, 0.5) is 19.7 Å². The highest BCUT2D eigenvalue weighted by Gasteiger charge is 2.63. The highest BCUT2D eigenvalue weighted by Crippen LogP contribution is 2.54. The van der Waals surface area contributed by atoms with Crippen LogP contribution in [0, 0.1) is 11.8 Å². The third-order valence-electron chi connectivity index (χ3n) is 7.90. The molecule has 5 aliphatic heterocycles. The number of amides is 2. The summed E-state index contributed by atoms with van der Waals surface area (Å²) < 4.78 is 28.4. The third-order valence-corrected chi connectivity index (χ3v) is 7.90. The number of alkyl carbamates (subject to hydrolysis) is 1. The maximum absolute atomic E-state index is 16.5. The molecule has 9 heteroatoms. The summed E-state index contributed by atoms with van der Waals surface area (Å²) in [6.07, 6.45) is -0.204. The predicted octanol–water partition coefficient (Wildman–Crippen LogP) is 4.00. The number of carboxylic acid groups (broad SMARTS) is 1. The van der Waals surface area contributed by atoms with Gasteiger partial charge in [0.1, 0.15) is 0 Å². The lowest BCUT2D eigenvalue weighted by Gasteiger charge is -2.64. The van der Waals surface area contributed by atoms with Gasteiger partial charge in [-0.1, -0.05) is 32.0 Å². The number of benzene rings is 1. The molecule has 0 saturated carbocycles. The van der Waals surface area contributed by atoms with E-state index in [9.17, 15) is 14.7 Å². The number of anilines is 1. The van der Waals surface area contributed by atoms with Crippen molar-refractivity contribution in [1.82, 2.24) is 10.2 Å². The van der Waals surface area contributed by atoms with Crippen molar-refractivity contribution >= 4 is 17.9 Å². The summed E-state index contributed by atoms with van der Waals surface area (Å²) in [5.74, 6) is -0.444. The molecule has 5 aliphatic rings. The van der Waals surface area contributed by atoms with E-state index in [1.165, 1.54) is 0 Å². The van der Waals surface area contributed by atoms with Crippen LogP contribution in [-0.2, 0) is 9.47 Å². The van der Waals surface area contributed by atoms with Gasteiger partial charge in [-0.2, -0.15) is 0 Å². The van der Waals surface area contributed by atoms with Crippen LogP contribution in [0.1, 0.15) is 46.0 Å². The Morgan fingerprint density at radius 3 is 2.53 bits per heavy atom. The van der Waals surface area contributed by atoms with Crippen LogP contribution in [0.15, 0.2) is 30.3 Å². The summed E-state index contributed by atoms with van der Waals surface area (Å²) in [5.41, 5.74) is -0.0385. The number of hydrogen-bond acceptors (Lipinski definition) is 5. The van der Waals surface area contributed by atoms with Gasteiger partial charge in [-0.05, 0) is 50.2 Å². The van der Waals surface area contributed by atoms with Crippen LogP contribution >= 0.6 is 0 Å². The molecule has 1 aromatic carbocycles. The standard InChI is InChI=1S/C25H34FN3O5/c1-15(2)14-33-23(30)27-20-8-9-28(16-6-4-3-5-7-16)22(26)21(20)25-12-17-10-19(34-25)11-18(13-25)29(17)24(31)32/h3-7,15,17-22H,8-14H2,1-2H3,(H,27,30)(H,31,32). The first-order chi connectivity index (χ1) is 16.3. The molecular formula is C25H34FN3O5. The monoisotopic (exact) mass is 475 g/mol. The van der Waals surface area contributed by atoms with Gasteiger partial charge in [0, 0.05) is 30.4 Å². The van der Waals surface area contributed by atoms with Gasteiger partial charge in [0.25, 0.3) is 0 Å². The van der Waals surface area contributed by atoms with Crippen molar-refractivity contribution in [2.75, 3.05) is 18.1 Å². The highest BCUT2D eigenvalue weighted by molar-refractivity contribution is 5.68. The molecule has 5 heterocycles. The van der Waals surface area contributed by atoms with Crippen LogP contribution in [0.25, 0.3) is 0 Å². The number of hydrogen-bond donors (Lipinski definition) is 2. The minimum atomic E-state index is -1.39. The summed E-state index contributed by atoms with van der Waals surface area (Å²) in [5, 5.41) is 12.7. The van der Waals surface area contributed by atoms with Gasteiger partial charge in [-0.25, -0.2) is 14.0 Å². The number of halogens is 1. The molecule has 0 aliphatic carbocycles. The van der Waals surface area contributed by atoms with Gasteiger partial charge in [0.05, 0.1) is 24.2 Å². The normalized spacial score (nSPS) is 36.6. The number of rotatable bonds is 5. The fraction of sp³-hybridized carbons (Fsp3) is 0.680. The molecule has 186 valence electrons. The first kappa shape index (κ1) is 23.2. The number of nitrogens with zero attached hydrogens (tertiary/aromatic N) is 2. The number of ether oxygens (including phenoxy) is 2. The van der Waals surface area contributed by atoms with E-state index in [4.69, 9.17) is 9.47 Å². The molecule has 5 saturated heterocycles. The van der Waals surface area contributed by atoms with Crippen molar-refractivity contribution < 1.29 is 28.6 Å². The van der Waals surface area contributed by atoms with Crippen LogP contribution in [0.5, 0.6) is 0 Å². The molecule has 1 aromatic rings. The molecule has 2 amide bonds. The first-order valence-electron chi connectivity index (χ1n) is 12.4. The minimum Gasteiger partial charge on any atom is -0.465 e. The lowest BCUT2D eigenvalue weighted by Crippen LogP contribution is -2.74. The van der Waals surface area contributed by atoms with Crippen LogP contribution < -0.4 is 10.2 Å². The van der Waals surface area contributed by atoms with Crippen molar-refractivity contribution in [3.63, 3.8) is 0 Å². The third kappa shape index (κ3) is 4.08.